The highest BCUT2D eigenvalue weighted by Gasteiger charge is 2.60. The monoisotopic (exact) mass is 912 g/mol. The molecule has 8 nitrogen and oxygen atoms in total. The van der Waals surface area contributed by atoms with Crippen molar-refractivity contribution in [2.45, 2.75) is 155 Å². The van der Waals surface area contributed by atoms with E-state index in [1.807, 2.05) is 45.6 Å². The van der Waals surface area contributed by atoms with Crippen molar-refractivity contribution < 1.29 is 32.9 Å². The third kappa shape index (κ3) is 13.7. The quantitative estimate of drug-likeness (QED) is 0.0887. The van der Waals surface area contributed by atoms with Gasteiger partial charge >= 0.3 is 68.5 Å². The van der Waals surface area contributed by atoms with E-state index in [-0.39, 0.29) is 0 Å². The number of rotatable bonds is 24. The van der Waals surface area contributed by atoms with E-state index >= 15 is 0 Å². The van der Waals surface area contributed by atoms with E-state index < -0.39 is 68.5 Å². The average molecular weight is 914 g/mol. The molecule has 0 N–H and O–H groups in total. The van der Waals surface area contributed by atoms with Crippen LogP contribution in [-0.4, -0.2) is 68.5 Å². The molecule has 0 unspecified atom stereocenters. The van der Waals surface area contributed by atoms with Gasteiger partial charge in [-0.15, -0.1) is 52.6 Å². The Hall–Kier alpha value is -0.665. The van der Waals surface area contributed by atoms with Crippen molar-refractivity contribution in [3.05, 3.63) is 98.2 Å². The van der Waals surface area contributed by atoms with Gasteiger partial charge in [-0.05, 0) is 48.4 Å². The van der Waals surface area contributed by atoms with E-state index in [0.29, 0.717) is 48.4 Å². The molecule has 1 fully saturated rings. The van der Waals surface area contributed by atoms with Gasteiger partial charge in [-0.1, -0.05) is 152 Å². The fourth-order valence-electron chi connectivity index (χ4n) is 7.59. The largest absolute Gasteiger partial charge is 0.409 e. The minimum atomic E-state index is -3.35. The zero-order valence-electron chi connectivity index (χ0n) is 36.9. The fourth-order valence-corrected chi connectivity index (χ4v) is 49.7. The lowest BCUT2D eigenvalue weighted by molar-refractivity contribution is 0.236. The highest BCUT2D eigenvalue weighted by molar-refractivity contribution is 7.00. The van der Waals surface area contributed by atoms with Gasteiger partial charge in [-0.25, -0.2) is 0 Å². The molecule has 1 saturated heterocycles. The SMILES string of the molecule is C=C[Si]1(CCC)O[Si](C=C)(CCC)O[Si](C=C)(CCC)O[Si](C=C)(CCC)O[Si](C=C)(CCC)O[Si](C=C)(CCC)O[Si](C=C)(CCC)O[Si](C=C)(CCC)O1. The van der Waals surface area contributed by atoms with E-state index in [1.54, 1.807) is 0 Å². The van der Waals surface area contributed by atoms with Crippen LogP contribution in [0.2, 0.25) is 48.4 Å². The summed E-state index contributed by atoms with van der Waals surface area (Å²) in [6.07, 6.45) is 6.48. The van der Waals surface area contributed by atoms with Gasteiger partial charge < -0.3 is 32.9 Å². The molecule has 0 aromatic heterocycles. The molecular formula is C40H80O8Si8. The highest BCUT2D eigenvalue weighted by Crippen LogP contribution is 2.42. The Balaban J connectivity index is 4.72. The molecule has 0 amide bonds. The van der Waals surface area contributed by atoms with Crippen LogP contribution in [0, 0.1) is 0 Å². The minimum absolute atomic E-state index is 0.648. The van der Waals surface area contributed by atoms with E-state index in [4.69, 9.17) is 32.9 Å². The molecule has 56 heavy (non-hydrogen) atoms. The Labute approximate surface area is 352 Å². The molecule has 1 heterocycles. The van der Waals surface area contributed by atoms with Crippen LogP contribution in [0.3, 0.4) is 0 Å². The summed E-state index contributed by atoms with van der Waals surface area (Å²) >= 11 is 0. The zero-order chi connectivity index (χ0) is 42.6. The minimum Gasteiger partial charge on any atom is -0.409 e. The van der Waals surface area contributed by atoms with Crippen molar-refractivity contribution in [1.29, 1.82) is 0 Å². The van der Waals surface area contributed by atoms with Gasteiger partial charge in [0, 0.05) is 0 Å². The van der Waals surface area contributed by atoms with Crippen molar-refractivity contribution >= 4 is 68.5 Å². The molecular weight excluding hydrogens is 833 g/mol. The van der Waals surface area contributed by atoms with Crippen LogP contribution >= 0.6 is 0 Å². The van der Waals surface area contributed by atoms with Crippen molar-refractivity contribution in [3.8, 4) is 0 Å². The molecule has 1 rings (SSSR count). The summed E-state index contributed by atoms with van der Waals surface area (Å²) in [5.41, 5.74) is 15.4. The van der Waals surface area contributed by atoms with Crippen LogP contribution in [0.5, 0.6) is 0 Å². The van der Waals surface area contributed by atoms with Gasteiger partial charge in [0.05, 0.1) is 0 Å². The van der Waals surface area contributed by atoms with Crippen LogP contribution < -0.4 is 0 Å². The van der Waals surface area contributed by atoms with Gasteiger partial charge in [0.2, 0.25) is 0 Å². The summed E-state index contributed by atoms with van der Waals surface area (Å²) in [7, 11) is -26.8. The van der Waals surface area contributed by atoms with Crippen LogP contribution in [0.4, 0.5) is 0 Å². The lowest BCUT2D eigenvalue weighted by atomic mass is 10.6. The molecule has 16 heteroatoms. The average Bonchev–Trinajstić information content (AvgIpc) is 3.18. The lowest BCUT2D eigenvalue weighted by Crippen LogP contribution is -2.68. The number of hydrogen-bond acceptors (Lipinski definition) is 8. The Kier molecular flexibility index (Phi) is 23.4. The standard InChI is InChI=1S/C40H80O8Si8/c1-17-33-49(25-9)41-50(26-10,34-18-2)43-52(28-12,36-20-4)45-54(30-14,38-22-6)47-56(32-16,40-24-8)48-55(31-15,39-23-7)46-53(29-13,37-21-5)44-51(27-11,42-49)35-19-3/h25-32H,9-24,33-40H2,1-8H3. The van der Waals surface area contributed by atoms with Gasteiger partial charge in [-0.2, -0.15) is 0 Å². The predicted molar refractivity (Wildman–Crippen MR) is 257 cm³/mol. The van der Waals surface area contributed by atoms with Crippen LogP contribution in [0.15, 0.2) is 98.2 Å². The first-order chi connectivity index (χ1) is 26.6. The molecule has 1 aliphatic rings. The van der Waals surface area contributed by atoms with Crippen molar-refractivity contribution in [3.63, 3.8) is 0 Å². The first-order valence-electron chi connectivity index (χ1n) is 21.3. The summed E-state index contributed by atoms with van der Waals surface area (Å²) in [5, 5.41) is 0. The van der Waals surface area contributed by atoms with Crippen LogP contribution in [0.25, 0.3) is 0 Å². The lowest BCUT2D eigenvalue weighted by Gasteiger charge is -2.50. The van der Waals surface area contributed by atoms with E-state index in [1.165, 1.54) is 0 Å². The summed E-state index contributed by atoms with van der Waals surface area (Å²) in [4.78, 5) is 0. The second-order valence-electron chi connectivity index (χ2n) is 14.9. The van der Waals surface area contributed by atoms with Gasteiger partial charge in [0.25, 0.3) is 0 Å². The number of hydrogen-bond donors (Lipinski definition) is 0. The maximum atomic E-state index is 7.61. The Morgan fingerprint density at radius 3 is 0.375 bits per heavy atom. The molecule has 0 atom stereocenters. The third-order valence-corrected chi connectivity index (χ3v) is 46.7. The van der Waals surface area contributed by atoms with Gasteiger partial charge in [0.1, 0.15) is 0 Å². The van der Waals surface area contributed by atoms with E-state index in [2.05, 4.69) is 108 Å². The maximum Gasteiger partial charge on any atom is 0.347 e. The summed E-state index contributed by atoms with van der Waals surface area (Å²) in [6.45, 7) is 52.5. The second kappa shape index (κ2) is 24.6. The Morgan fingerprint density at radius 1 is 0.232 bits per heavy atom. The Morgan fingerprint density at radius 2 is 0.321 bits per heavy atom. The summed E-state index contributed by atoms with van der Waals surface area (Å²) in [6, 6.07) is 5.19. The topological polar surface area (TPSA) is 73.8 Å². The zero-order valence-corrected chi connectivity index (χ0v) is 44.9. The van der Waals surface area contributed by atoms with Crippen LogP contribution in [-0.2, 0) is 32.9 Å². The molecule has 0 bridgehead atoms. The van der Waals surface area contributed by atoms with Crippen LogP contribution in [0.1, 0.15) is 107 Å². The fraction of sp³-hybridized carbons (Fsp3) is 0.600. The van der Waals surface area contributed by atoms with Gasteiger partial charge in [-0.3, -0.25) is 0 Å². The molecule has 0 aromatic rings. The third-order valence-electron chi connectivity index (χ3n) is 10.0. The molecule has 0 spiro atoms. The summed E-state index contributed by atoms with van der Waals surface area (Å²) < 4.78 is 60.9. The first kappa shape index (κ1) is 53.4. The normalized spacial score (nSPS) is 36.1. The maximum absolute atomic E-state index is 7.61. The molecule has 0 radical (unpaired) electrons. The molecule has 320 valence electrons. The molecule has 0 aromatic carbocycles. The predicted octanol–water partition coefficient (Wildman–Crippen LogP) is 12.8. The molecule has 0 aliphatic carbocycles. The van der Waals surface area contributed by atoms with E-state index in [9.17, 15) is 0 Å². The molecule has 0 saturated carbocycles. The smallest absolute Gasteiger partial charge is 0.347 e. The second-order valence-corrected chi connectivity index (χ2v) is 41.7. The first-order valence-corrected chi connectivity index (χ1v) is 38.1. The Bertz CT molecular complexity index is 993. The molecule has 1 aliphatic heterocycles. The summed E-state index contributed by atoms with van der Waals surface area (Å²) in [5.74, 6) is 0. The van der Waals surface area contributed by atoms with Crippen molar-refractivity contribution in [2.24, 2.45) is 0 Å². The van der Waals surface area contributed by atoms with Gasteiger partial charge in [0.15, 0.2) is 0 Å². The van der Waals surface area contributed by atoms with Crippen molar-refractivity contribution in [1.82, 2.24) is 0 Å². The van der Waals surface area contributed by atoms with E-state index in [0.717, 1.165) is 51.4 Å². The highest BCUT2D eigenvalue weighted by atomic mass is 28.5. The van der Waals surface area contributed by atoms with Crippen molar-refractivity contribution in [2.75, 3.05) is 0 Å².